The molecule has 0 aliphatic heterocycles. The van der Waals surface area contributed by atoms with E-state index < -0.39 is 97.0 Å². The first-order valence-corrected chi connectivity index (χ1v) is 18.7. The van der Waals surface area contributed by atoms with Crippen molar-refractivity contribution in [3.8, 4) is 0 Å². The van der Waals surface area contributed by atoms with Crippen LogP contribution < -0.4 is 49.5 Å². The number of unbranched alkanes of at least 4 members (excludes halogenated alkanes) is 1. The summed E-state index contributed by atoms with van der Waals surface area (Å²) in [6, 6.07) is -6.96. The highest BCUT2D eigenvalue weighted by atomic mass is 16.5. The average molecular weight is 805 g/mol. The molecule has 1 aromatic rings. The maximum Gasteiger partial charge on any atom is 0.408 e. The maximum absolute atomic E-state index is 13.8. The highest BCUT2D eigenvalue weighted by Gasteiger charge is 2.34. The van der Waals surface area contributed by atoms with Gasteiger partial charge in [-0.05, 0) is 38.0 Å². The molecule has 0 unspecified atom stereocenters. The minimum absolute atomic E-state index is 0.0146. The van der Waals surface area contributed by atoms with Crippen molar-refractivity contribution in [1.29, 1.82) is 0 Å². The number of hydrogen-bond acceptors (Lipinski definition) is 11. The van der Waals surface area contributed by atoms with Gasteiger partial charge in [-0.15, -0.1) is 0 Å². The lowest BCUT2D eigenvalue weighted by molar-refractivity contribution is -0.138. The summed E-state index contributed by atoms with van der Waals surface area (Å²) < 4.78 is 4.93. The lowest BCUT2D eigenvalue weighted by Crippen LogP contribution is -2.60. The number of nitrogens with one attached hydrogen (secondary N) is 6. The van der Waals surface area contributed by atoms with Gasteiger partial charge in [-0.1, -0.05) is 44.8 Å². The molecule has 0 spiro atoms. The number of H-pyrrole nitrogens is 1. The first-order chi connectivity index (χ1) is 27.1. The number of carbonyl (C=O) groups is 8. The molecule has 0 bridgehead atoms. The fourth-order valence-corrected chi connectivity index (χ4v) is 6.12. The number of carboxylic acids is 1. The first-order valence-electron chi connectivity index (χ1n) is 18.7. The van der Waals surface area contributed by atoms with Crippen molar-refractivity contribution in [2.45, 2.75) is 114 Å². The summed E-state index contributed by atoms with van der Waals surface area (Å²) >= 11 is 0. The van der Waals surface area contributed by atoms with Gasteiger partial charge >= 0.3 is 12.1 Å². The number of aliphatic carboxylic acids is 1. The standard InChI is InChI=1S/C35H56N12O10/c1-2-14-57-35(56)47-22(10-6-7-13-41-34(38)39)30(52)43-23(11-12-28(49)50)31(53)46-26(17-27(36)48)33(55)45-25(15-20-8-4-3-5-9-20)32(54)44-24(29(37)51)16-21-18-40-19-42-21/h2,18-20,22-26H,1,3-17H2,(H2,36,48)(H2,37,51)(H,40,42)(H,43,52)(H,44,54)(H,45,55)(H,46,53)(H,47,56)(H,49,50)(H4,38,39,41)/t22-,23-,24-,25-,26-/m0/s1. The van der Waals surface area contributed by atoms with Gasteiger partial charge < -0.3 is 64.3 Å². The maximum atomic E-state index is 13.8. The summed E-state index contributed by atoms with van der Waals surface area (Å²) in [7, 11) is 0. The van der Waals surface area contributed by atoms with E-state index in [4.69, 9.17) is 27.7 Å². The Kier molecular flexibility index (Phi) is 20.6. The van der Waals surface area contributed by atoms with E-state index in [2.05, 4.69) is 48.1 Å². The van der Waals surface area contributed by atoms with Crippen LogP contribution in [-0.2, 0) is 44.7 Å². The van der Waals surface area contributed by atoms with Crippen molar-refractivity contribution in [2.24, 2.45) is 33.8 Å². The highest BCUT2D eigenvalue weighted by molar-refractivity contribution is 5.97. The van der Waals surface area contributed by atoms with Gasteiger partial charge in [-0.3, -0.25) is 38.6 Å². The fourth-order valence-electron chi connectivity index (χ4n) is 6.12. The number of alkyl carbamates (subject to hydrolysis) is 1. The van der Waals surface area contributed by atoms with Crippen LogP contribution >= 0.6 is 0 Å². The molecule has 1 aliphatic carbocycles. The largest absolute Gasteiger partial charge is 0.481 e. The molecule has 1 fully saturated rings. The van der Waals surface area contributed by atoms with Crippen LogP contribution in [0.5, 0.6) is 0 Å². The number of carboxylic acid groups (broad SMARTS) is 1. The van der Waals surface area contributed by atoms with E-state index in [1.807, 2.05) is 0 Å². The number of rotatable bonds is 26. The van der Waals surface area contributed by atoms with Crippen LogP contribution in [-0.4, -0.2) is 112 Å². The van der Waals surface area contributed by atoms with Crippen LogP contribution in [0.2, 0.25) is 0 Å². The van der Waals surface area contributed by atoms with E-state index >= 15 is 0 Å². The van der Waals surface area contributed by atoms with E-state index in [0.717, 1.165) is 32.1 Å². The van der Waals surface area contributed by atoms with Gasteiger partial charge in [0.05, 0.1) is 12.7 Å². The van der Waals surface area contributed by atoms with E-state index in [-0.39, 0.29) is 44.3 Å². The van der Waals surface area contributed by atoms with Crippen molar-refractivity contribution in [1.82, 2.24) is 36.6 Å². The van der Waals surface area contributed by atoms with Gasteiger partial charge in [0.2, 0.25) is 35.4 Å². The molecule has 7 amide bonds. The van der Waals surface area contributed by atoms with E-state index in [1.54, 1.807) is 0 Å². The summed E-state index contributed by atoms with van der Waals surface area (Å²) in [5.41, 5.74) is 22.2. The number of aromatic amines is 1. The second-order valence-corrected chi connectivity index (χ2v) is 13.7. The number of nitrogens with two attached hydrogens (primary N) is 4. The monoisotopic (exact) mass is 804 g/mol. The van der Waals surface area contributed by atoms with Crippen LogP contribution in [0.4, 0.5) is 4.79 Å². The van der Waals surface area contributed by atoms with Crippen molar-refractivity contribution in [2.75, 3.05) is 13.2 Å². The molecule has 1 saturated carbocycles. The third-order valence-electron chi connectivity index (χ3n) is 9.02. The van der Waals surface area contributed by atoms with Gasteiger partial charge in [-0.25, -0.2) is 9.78 Å². The molecule has 22 nitrogen and oxygen atoms in total. The normalized spacial score (nSPS) is 15.2. The Hall–Kier alpha value is -6.22. The number of aliphatic imine (C=N–C) groups is 1. The Labute approximate surface area is 329 Å². The van der Waals surface area contributed by atoms with Crippen molar-refractivity contribution < 1.29 is 48.2 Å². The number of ether oxygens (including phenoxy) is 1. The molecular formula is C35H56N12O10. The lowest BCUT2D eigenvalue weighted by atomic mass is 9.84. The summed E-state index contributed by atoms with van der Waals surface area (Å²) in [4.78, 5) is 114. The molecule has 2 rings (SSSR count). The predicted octanol–water partition coefficient (Wildman–Crippen LogP) is -2.19. The molecule has 0 radical (unpaired) electrons. The molecule has 22 heteroatoms. The number of amides is 7. The van der Waals surface area contributed by atoms with Crippen LogP contribution in [0.25, 0.3) is 0 Å². The van der Waals surface area contributed by atoms with Crippen molar-refractivity contribution in [3.05, 3.63) is 30.9 Å². The topological polar surface area (TPSA) is 371 Å². The van der Waals surface area contributed by atoms with E-state index in [1.165, 1.54) is 18.6 Å². The lowest BCUT2D eigenvalue weighted by Gasteiger charge is -2.29. The summed E-state index contributed by atoms with van der Waals surface area (Å²) in [5.74, 6) is -6.95. The van der Waals surface area contributed by atoms with Crippen molar-refractivity contribution >= 4 is 53.5 Å². The third-order valence-corrected chi connectivity index (χ3v) is 9.02. The minimum atomic E-state index is -1.68. The quantitative estimate of drug-likeness (QED) is 0.0205. The molecule has 5 atom stereocenters. The van der Waals surface area contributed by atoms with Gasteiger partial charge in [0.25, 0.3) is 0 Å². The number of aromatic nitrogens is 2. The van der Waals surface area contributed by atoms with E-state index in [0.29, 0.717) is 18.5 Å². The zero-order chi connectivity index (χ0) is 42.3. The predicted molar refractivity (Wildman–Crippen MR) is 204 cm³/mol. The molecule has 1 heterocycles. The Morgan fingerprint density at radius 3 is 2.02 bits per heavy atom. The second-order valence-electron chi connectivity index (χ2n) is 13.7. The number of carbonyl (C=O) groups excluding carboxylic acids is 7. The number of nitrogens with zero attached hydrogens (tertiary/aromatic N) is 2. The Balaban J connectivity index is 2.31. The van der Waals surface area contributed by atoms with Gasteiger partial charge in [0.15, 0.2) is 5.96 Å². The smallest absolute Gasteiger partial charge is 0.408 e. The minimum Gasteiger partial charge on any atom is -0.481 e. The summed E-state index contributed by atoms with van der Waals surface area (Å²) in [6.45, 7) is 3.51. The van der Waals surface area contributed by atoms with Crippen LogP contribution in [0.1, 0.15) is 82.7 Å². The van der Waals surface area contributed by atoms with Crippen molar-refractivity contribution in [3.63, 3.8) is 0 Å². The zero-order valence-corrected chi connectivity index (χ0v) is 31.8. The summed E-state index contributed by atoms with van der Waals surface area (Å²) in [5, 5.41) is 21.7. The number of imidazole rings is 1. The molecule has 0 saturated heterocycles. The molecule has 0 aromatic carbocycles. The molecule has 1 aromatic heterocycles. The Morgan fingerprint density at radius 2 is 1.44 bits per heavy atom. The van der Waals surface area contributed by atoms with Gasteiger partial charge in [-0.2, -0.15) is 0 Å². The highest BCUT2D eigenvalue weighted by Crippen LogP contribution is 2.27. The first kappa shape index (κ1) is 46.9. The molecular weight excluding hydrogens is 748 g/mol. The van der Waals surface area contributed by atoms with Crippen LogP contribution in [0, 0.1) is 5.92 Å². The summed E-state index contributed by atoms with van der Waals surface area (Å²) in [6.07, 6.45) is 6.65. The zero-order valence-electron chi connectivity index (χ0n) is 31.8. The van der Waals surface area contributed by atoms with Crippen LogP contribution in [0.15, 0.2) is 30.2 Å². The van der Waals surface area contributed by atoms with Crippen LogP contribution in [0.3, 0.4) is 0 Å². The SMILES string of the molecule is C=CCOC(=O)N[C@@H](CCCCN=C(N)N)C(=O)N[C@@H](CCC(=O)O)C(=O)N[C@@H](CC(N)=O)C(=O)N[C@@H](CC1CCCCC1)C(=O)N[C@@H](Cc1cnc[nH]1)C(N)=O. The number of hydrogen-bond donors (Lipinski definition) is 11. The molecule has 15 N–H and O–H groups in total. The third kappa shape index (κ3) is 18.8. The number of guanidine groups is 1. The van der Waals surface area contributed by atoms with Gasteiger partial charge in [0, 0.05) is 31.3 Å². The van der Waals surface area contributed by atoms with Gasteiger partial charge in [0.1, 0.15) is 36.8 Å². The fraction of sp³-hybridized carbons (Fsp3) is 0.600. The second kappa shape index (κ2) is 25.0. The van der Waals surface area contributed by atoms with E-state index in [9.17, 15) is 43.5 Å². The molecule has 1 aliphatic rings. The molecule has 316 valence electrons. The average Bonchev–Trinajstić information content (AvgIpc) is 3.67. The number of primary amides is 2. The Morgan fingerprint density at radius 1 is 0.842 bits per heavy atom. The molecule has 57 heavy (non-hydrogen) atoms. The Bertz CT molecular complexity index is 1560.